The number of phenolic OH excluding ortho intramolecular Hbond substituents is 2. The van der Waals surface area contributed by atoms with Gasteiger partial charge in [0.2, 0.25) is 0 Å². The molecule has 146 valence electrons. The molecule has 1 aromatic carbocycles. The van der Waals surface area contributed by atoms with Gasteiger partial charge in [-0.3, -0.25) is 4.79 Å². The molecule has 0 aliphatic carbocycles. The van der Waals surface area contributed by atoms with E-state index in [1.54, 1.807) is 12.1 Å². The maximum atomic E-state index is 11.8. The second-order valence-corrected chi connectivity index (χ2v) is 6.10. The van der Waals surface area contributed by atoms with Gasteiger partial charge < -0.3 is 24.1 Å². The molecule has 7 heteroatoms. The molecule has 2 aromatic rings. The Morgan fingerprint density at radius 2 is 1.74 bits per heavy atom. The van der Waals surface area contributed by atoms with Gasteiger partial charge in [-0.05, 0) is 43.2 Å². The second-order valence-electron chi connectivity index (χ2n) is 6.10. The van der Waals surface area contributed by atoms with Crippen LogP contribution in [0.4, 0.5) is 0 Å². The fourth-order valence-electron chi connectivity index (χ4n) is 2.45. The van der Waals surface area contributed by atoms with Crippen molar-refractivity contribution in [3.8, 4) is 11.5 Å². The average Bonchev–Trinajstić information content (AvgIpc) is 3.17. The summed E-state index contributed by atoms with van der Waals surface area (Å²) < 4.78 is 15.3. The lowest BCUT2D eigenvalue weighted by Gasteiger charge is -2.07. The molecule has 0 spiro atoms. The van der Waals surface area contributed by atoms with Crippen LogP contribution < -0.4 is 0 Å². The Morgan fingerprint density at radius 3 is 2.52 bits per heavy atom. The molecule has 1 heterocycles. The van der Waals surface area contributed by atoms with Gasteiger partial charge in [0.15, 0.2) is 0 Å². The Hall–Kier alpha value is -2.96. The molecule has 1 aromatic heterocycles. The third-order valence-corrected chi connectivity index (χ3v) is 3.91. The van der Waals surface area contributed by atoms with Gasteiger partial charge >= 0.3 is 11.9 Å². The highest BCUT2D eigenvalue weighted by molar-refractivity contribution is 5.92. The van der Waals surface area contributed by atoms with E-state index < -0.39 is 5.97 Å². The number of aromatic hydroxyl groups is 2. The van der Waals surface area contributed by atoms with Crippen molar-refractivity contribution < 1.29 is 33.7 Å². The van der Waals surface area contributed by atoms with E-state index in [1.165, 1.54) is 24.5 Å². The maximum absolute atomic E-state index is 11.8. The number of esters is 2. The minimum Gasteiger partial charge on any atom is -0.508 e. The zero-order valence-corrected chi connectivity index (χ0v) is 15.1. The molecule has 0 saturated heterocycles. The predicted octanol–water partition coefficient (Wildman–Crippen LogP) is 3.93. The molecule has 0 saturated carbocycles. The highest BCUT2D eigenvalue weighted by Crippen LogP contribution is 2.22. The van der Waals surface area contributed by atoms with Crippen molar-refractivity contribution >= 4 is 11.9 Å². The number of hydrogen-bond donors (Lipinski definition) is 2. The van der Waals surface area contributed by atoms with Gasteiger partial charge in [0, 0.05) is 6.42 Å². The van der Waals surface area contributed by atoms with Crippen molar-refractivity contribution in [3.63, 3.8) is 0 Å². The molecule has 2 rings (SSSR count). The van der Waals surface area contributed by atoms with Crippen molar-refractivity contribution in [1.29, 1.82) is 0 Å². The Kier molecular flexibility index (Phi) is 8.22. The summed E-state index contributed by atoms with van der Waals surface area (Å²) >= 11 is 0. The molecule has 0 aliphatic heterocycles. The maximum Gasteiger partial charge on any atom is 0.342 e. The number of phenols is 2. The van der Waals surface area contributed by atoms with E-state index in [0.29, 0.717) is 18.6 Å². The van der Waals surface area contributed by atoms with Crippen LogP contribution in [0.25, 0.3) is 0 Å². The van der Waals surface area contributed by atoms with Crippen LogP contribution in [0.1, 0.15) is 54.6 Å². The number of rotatable bonds is 11. The highest BCUT2D eigenvalue weighted by Gasteiger charge is 2.13. The van der Waals surface area contributed by atoms with Crippen LogP contribution >= 0.6 is 0 Å². The Morgan fingerprint density at radius 1 is 0.963 bits per heavy atom. The summed E-state index contributed by atoms with van der Waals surface area (Å²) in [5.41, 5.74) is -0.0527. The normalized spacial score (nSPS) is 10.5. The Balaban J connectivity index is 1.48. The molecule has 0 amide bonds. The predicted molar refractivity (Wildman–Crippen MR) is 96.3 cm³/mol. The quantitative estimate of drug-likeness (QED) is 0.348. The first kappa shape index (κ1) is 20.4. The summed E-state index contributed by atoms with van der Waals surface area (Å²) in [4.78, 5) is 23.4. The van der Waals surface area contributed by atoms with Crippen LogP contribution in [-0.2, 0) is 20.9 Å². The zero-order chi connectivity index (χ0) is 19.5. The van der Waals surface area contributed by atoms with Crippen LogP contribution in [0.2, 0.25) is 0 Å². The fraction of sp³-hybridized carbons (Fsp3) is 0.400. The summed E-state index contributed by atoms with van der Waals surface area (Å²) in [6.45, 7) is 0.394. The number of unbranched alkanes of at least 4 members (excludes halogenated alkanes) is 4. The van der Waals surface area contributed by atoms with Crippen LogP contribution in [0.5, 0.6) is 11.5 Å². The van der Waals surface area contributed by atoms with E-state index in [1.807, 2.05) is 0 Å². The fourth-order valence-corrected chi connectivity index (χ4v) is 2.45. The van der Waals surface area contributed by atoms with E-state index >= 15 is 0 Å². The summed E-state index contributed by atoms with van der Waals surface area (Å²) in [7, 11) is 0. The molecule has 0 atom stereocenters. The topological polar surface area (TPSA) is 106 Å². The van der Waals surface area contributed by atoms with Crippen LogP contribution in [-0.4, -0.2) is 28.8 Å². The molecule has 0 bridgehead atoms. The van der Waals surface area contributed by atoms with E-state index in [9.17, 15) is 19.8 Å². The standard InChI is InChI=1S/C20H24O7/c21-15-9-10-18(22)17(13-15)20(24)26-11-5-3-1-2-4-8-19(23)27-14-16-7-6-12-25-16/h6-7,9-10,12-13,21-22H,1-5,8,11,14H2. The zero-order valence-electron chi connectivity index (χ0n) is 15.1. The molecule has 7 nitrogen and oxygen atoms in total. The molecular formula is C20H24O7. The van der Waals surface area contributed by atoms with Gasteiger partial charge in [-0.25, -0.2) is 4.79 Å². The third-order valence-electron chi connectivity index (χ3n) is 3.91. The molecule has 2 N–H and O–H groups in total. The van der Waals surface area contributed by atoms with Gasteiger partial charge in [0.05, 0.1) is 12.9 Å². The van der Waals surface area contributed by atoms with Crippen molar-refractivity contribution in [1.82, 2.24) is 0 Å². The largest absolute Gasteiger partial charge is 0.508 e. The van der Waals surface area contributed by atoms with Crippen molar-refractivity contribution in [2.24, 2.45) is 0 Å². The number of ether oxygens (including phenoxy) is 2. The highest BCUT2D eigenvalue weighted by atomic mass is 16.5. The lowest BCUT2D eigenvalue weighted by molar-refractivity contribution is -0.145. The minimum atomic E-state index is -0.664. The first-order chi connectivity index (χ1) is 13.1. The van der Waals surface area contributed by atoms with Crippen molar-refractivity contribution in [3.05, 3.63) is 47.9 Å². The van der Waals surface area contributed by atoms with Crippen LogP contribution in [0.15, 0.2) is 41.0 Å². The summed E-state index contributed by atoms with van der Waals surface area (Å²) in [5.74, 6) is -0.620. The van der Waals surface area contributed by atoms with E-state index in [4.69, 9.17) is 13.9 Å². The summed E-state index contributed by atoms with van der Waals surface area (Å²) in [5, 5.41) is 18.9. The van der Waals surface area contributed by atoms with Crippen LogP contribution in [0, 0.1) is 0 Å². The average molecular weight is 376 g/mol. The van der Waals surface area contributed by atoms with E-state index in [2.05, 4.69) is 0 Å². The molecule has 27 heavy (non-hydrogen) atoms. The lowest BCUT2D eigenvalue weighted by Crippen LogP contribution is -2.06. The van der Waals surface area contributed by atoms with Gasteiger partial charge in [-0.2, -0.15) is 0 Å². The molecule has 0 aliphatic rings. The number of hydrogen-bond acceptors (Lipinski definition) is 7. The number of carbonyl (C=O) groups excluding carboxylic acids is 2. The van der Waals surface area contributed by atoms with Gasteiger partial charge in [-0.1, -0.05) is 19.3 Å². The number of carbonyl (C=O) groups is 2. The SMILES string of the molecule is O=C(CCCCCCCOC(=O)c1cc(O)ccc1O)OCc1ccco1. The third kappa shape index (κ3) is 7.43. The second kappa shape index (κ2) is 10.9. The minimum absolute atomic E-state index is 0.0527. The lowest BCUT2D eigenvalue weighted by atomic mass is 10.1. The molecule has 0 radical (unpaired) electrons. The number of furan rings is 1. The molecule has 0 fully saturated rings. The van der Waals surface area contributed by atoms with Gasteiger partial charge in [0.1, 0.15) is 29.4 Å². The molecule has 0 unspecified atom stereocenters. The van der Waals surface area contributed by atoms with E-state index in [0.717, 1.165) is 25.7 Å². The van der Waals surface area contributed by atoms with Crippen molar-refractivity contribution in [2.75, 3.05) is 6.61 Å². The Bertz CT molecular complexity index is 722. The number of benzene rings is 1. The summed E-state index contributed by atoms with van der Waals surface area (Å²) in [6, 6.07) is 7.20. The Labute approximate surface area is 157 Å². The molecular weight excluding hydrogens is 352 g/mol. The van der Waals surface area contributed by atoms with Gasteiger partial charge in [0.25, 0.3) is 0 Å². The van der Waals surface area contributed by atoms with Crippen molar-refractivity contribution in [2.45, 2.75) is 45.1 Å². The monoisotopic (exact) mass is 376 g/mol. The van der Waals surface area contributed by atoms with Crippen LogP contribution in [0.3, 0.4) is 0 Å². The first-order valence-electron chi connectivity index (χ1n) is 8.93. The van der Waals surface area contributed by atoms with E-state index in [-0.39, 0.29) is 36.2 Å². The smallest absolute Gasteiger partial charge is 0.342 e. The summed E-state index contributed by atoms with van der Waals surface area (Å²) in [6.07, 6.45) is 6.00. The van der Waals surface area contributed by atoms with Gasteiger partial charge in [-0.15, -0.1) is 0 Å². The first-order valence-corrected chi connectivity index (χ1v) is 8.93.